The average Bonchev–Trinajstić information content (AvgIpc) is 2.32. The molecule has 0 amide bonds. The molecular formula is C13H23N3O. The fourth-order valence-corrected chi connectivity index (χ4v) is 1.80. The summed E-state index contributed by atoms with van der Waals surface area (Å²) in [5.74, 6) is 0.934. The molecule has 1 unspecified atom stereocenters. The van der Waals surface area contributed by atoms with Gasteiger partial charge in [-0.2, -0.15) is 0 Å². The molecule has 1 aromatic rings. The lowest BCUT2D eigenvalue weighted by Gasteiger charge is -2.24. The smallest absolute Gasteiger partial charge is 0.128 e. The van der Waals surface area contributed by atoms with Crippen molar-refractivity contribution in [3.8, 4) is 5.75 Å². The summed E-state index contributed by atoms with van der Waals surface area (Å²) >= 11 is 0. The highest BCUT2D eigenvalue weighted by Gasteiger charge is 2.13. The van der Waals surface area contributed by atoms with Crippen LogP contribution in [0.4, 0.5) is 0 Å². The van der Waals surface area contributed by atoms with Crippen LogP contribution in [0.25, 0.3) is 0 Å². The Hall–Kier alpha value is -1.13. The lowest BCUT2D eigenvalue weighted by atomic mass is 10.1. The Bertz CT molecular complexity index is 379. The third kappa shape index (κ3) is 3.17. The number of nitrogens with zero attached hydrogens (tertiary/aromatic N) is 2. The summed E-state index contributed by atoms with van der Waals surface area (Å²) in [5.41, 5.74) is 8.90. The molecule has 0 saturated carbocycles. The van der Waals surface area contributed by atoms with E-state index >= 15 is 0 Å². The minimum Gasteiger partial charge on any atom is -0.496 e. The fraction of sp³-hybridized carbons (Fsp3) is 0.615. The number of methoxy groups -OCH3 is 1. The van der Waals surface area contributed by atoms with Crippen molar-refractivity contribution in [3.05, 3.63) is 23.0 Å². The van der Waals surface area contributed by atoms with E-state index in [9.17, 15) is 0 Å². The lowest BCUT2D eigenvalue weighted by molar-refractivity contribution is 0.251. The van der Waals surface area contributed by atoms with Gasteiger partial charge in [-0.1, -0.05) is 0 Å². The van der Waals surface area contributed by atoms with Gasteiger partial charge in [-0.05, 0) is 27.8 Å². The summed E-state index contributed by atoms with van der Waals surface area (Å²) in [7, 11) is 3.76. The number of aryl methyl sites for hydroxylation is 1. The van der Waals surface area contributed by atoms with Crippen molar-refractivity contribution in [1.29, 1.82) is 0 Å². The van der Waals surface area contributed by atoms with Crippen molar-refractivity contribution < 1.29 is 4.74 Å². The van der Waals surface area contributed by atoms with Crippen LogP contribution in [-0.4, -0.2) is 36.6 Å². The zero-order valence-corrected chi connectivity index (χ0v) is 11.4. The summed E-state index contributed by atoms with van der Waals surface area (Å²) in [6, 6.07) is 0.350. The van der Waals surface area contributed by atoms with Crippen LogP contribution in [0.2, 0.25) is 0 Å². The Balaban J connectivity index is 2.92. The first kappa shape index (κ1) is 13.9. The van der Waals surface area contributed by atoms with Gasteiger partial charge in [0.05, 0.1) is 12.8 Å². The van der Waals surface area contributed by atoms with E-state index in [2.05, 4.69) is 30.8 Å². The number of ether oxygens (including phenoxy) is 1. The molecule has 0 aliphatic rings. The largest absolute Gasteiger partial charge is 0.496 e. The third-order valence-electron chi connectivity index (χ3n) is 3.24. The van der Waals surface area contributed by atoms with Gasteiger partial charge in [0.15, 0.2) is 0 Å². The summed E-state index contributed by atoms with van der Waals surface area (Å²) in [4.78, 5) is 6.68. The molecule has 0 saturated heterocycles. The van der Waals surface area contributed by atoms with E-state index in [4.69, 9.17) is 10.5 Å². The summed E-state index contributed by atoms with van der Waals surface area (Å²) in [5, 5.41) is 0. The molecule has 1 rings (SSSR count). The number of aromatic nitrogens is 1. The Labute approximate surface area is 104 Å². The van der Waals surface area contributed by atoms with Crippen molar-refractivity contribution in [1.82, 2.24) is 9.88 Å². The molecule has 0 spiro atoms. The van der Waals surface area contributed by atoms with Crippen LogP contribution in [0.5, 0.6) is 5.75 Å². The van der Waals surface area contributed by atoms with E-state index in [1.54, 1.807) is 7.11 Å². The van der Waals surface area contributed by atoms with Crippen LogP contribution in [0.15, 0.2) is 6.20 Å². The van der Waals surface area contributed by atoms with Gasteiger partial charge in [-0.3, -0.25) is 9.88 Å². The highest BCUT2D eigenvalue weighted by molar-refractivity contribution is 5.40. The van der Waals surface area contributed by atoms with Crippen LogP contribution in [-0.2, 0) is 6.54 Å². The minimum absolute atomic E-state index is 0.350. The molecule has 0 radical (unpaired) electrons. The highest BCUT2D eigenvalue weighted by atomic mass is 16.5. The van der Waals surface area contributed by atoms with Gasteiger partial charge < -0.3 is 10.5 Å². The lowest BCUT2D eigenvalue weighted by Crippen LogP contribution is -2.35. The van der Waals surface area contributed by atoms with Crippen LogP contribution in [0, 0.1) is 13.8 Å². The van der Waals surface area contributed by atoms with Gasteiger partial charge in [0, 0.05) is 36.5 Å². The van der Waals surface area contributed by atoms with Gasteiger partial charge in [0.25, 0.3) is 0 Å². The van der Waals surface area contributed by atoms with E-state index in [0.717, 1.165) is 29.1 Å². The number of likely N-dealkylation sites (N-methyl/N-ethyl adjacent to an activating group) is 1. The average molecular weight is 237 g/mol. The molecule has 17 heavy (non-hydrogen) atoms. The molecule has 0 aromatic carbocycles. The second-order valence-electron chi connectivity index (χ2n) is 4.55. The van der Waals surface area contributed by atoms with E-state index in [-0.39, 0.29) is 0 Å². The molecule has 96 valence electrons. The molecule has 2 N–H and O–H groups in total. The van der Waals surface area contributed by atoms with E-state index in [1.807, 2.05) is 13.1 Å². The fourth-order valence-electron chi connectivity index (χ4n) is 1.80. The van der Waals surface area contributed by atoms with Crippen LogP contribution in [0.1, 0.15) is 23.7 Å². The number of rotatable bonds is 5. The molecule has 0 fully saturated rings. The quantitative estimate of drug-likeness (QED) is 0.843. The normalized spacial score (nSPS) is 12.9. The van der Waals surface area contributed by atoms with Gasteiger partial charge in [-0.25, -0.2) is 0 Å². The summed E-state index contributed by atoms with van der Waals surface area (Å²) < 4.78 is 5.40. The topological polar surface area (TPSA) is 51.4 Å². The van der Waals surface area contributed by atoms with Crippen molar-refractivity contribution in [2.75, 3.05) is 20.7 Å². The summed E-state index contributed by atoms with van der Waals surface area (Å²) in [6.07, 6.45) is 1.86. The second kappa shape index (κ2) is 5.98. The SMILES string of the molecule is COc1c(C)cnc(CN(C)C(C)CN)c1C. The van der Waals surface area contributed by atoms with Gasteiger partial charge >= 0.3 is 0 Å². The number of nitrogens with two attached hydrogens (primary N) is 1. The van der Waals surface area contributed by atoms with Crippen molar-refractivity contribution in [2.45, 2.75) is 33.4 Å². The number of pyridine rings is 1. The van der Waals surface area contributed by atoms with E-state index in [0.29, 0.717) is 12.6 Å². The van der Waals surface area contributed by atoms with Crippen molar-refractivity contribution in [3.63, 3.8) is 0 Å². The van der Waals surface area contributed by atoms with E-state index in [1.165, 1.54) is 0 Å². The highest BCUT2D eigenvalue weighted by Crippen LogP contribution is 2.24. The second-order valence-corrected chi connectivity index (χ2v) is 4.55. The van der Waals surface area contributed by atoms with Crippen molar-refractivity contribution >= 4 is 0 Å². The minimum atomic E-state index is 0.350. The standard InChI is InChI=1S/C13H23N3O/c1-9-7-15-12(11(3)13(9)17-5)8-16(4)10(2)6-14/h7,10H,6,8,14H2,1-5H3. The van der Waals surface area contributed by atoms with E-state index < -0.39 is 0 Å². The molecule has 1 heterocycles. The first-order chi connectivity index (χ1) is 8.01. The predicted molar refractivity (Wildman–Crippen MR) is 70.2 cm³/mol. The van der Waals surface area contributed by atoms with Crippen LogP contribution >= 0.6 is 0 Å². The number of hydrogen-bond acceptors (Lipinski definition) is 4. The molecule has 4 heteroatoms. The Morgan fingerprint density at radius 3 is 2.65 bits per heavy atom. The zero-order chi connectivity index (χ0) is 13.0. The number of hydrogen-bond donors (Lipinski definition) is 1. The molecular weight excluding hydrogens is 214 g/mol. The molecule has 1 aromatic heterocycles. The molecule has 0 aliphatic heterocycles. The molecule has 4 nitrogen and oxygen atoms in total. The maximum atomic E-state index is 5.66. The van der Waals surface area contributed by atoms with Crippen LogP contribution in [0.3, 0.4) is 0 Å². The van der Waals surface area contributed by atoms with Gasteiger partial charge in [-0.15, -0.1) is 0 Å². The molecule has 0 aliphatic carbocycles. The van der Waals surface area contributed by atoms with Gasteiger partial charge in [0.2, 0.25) is 0 Å². The predicted octanol–water partition coefficient (Wildman–Crippen LogP) is 1.49. The molecule has 0 bridgehead atoms. The van der Waals surface area contributed by atoms with Crippen LogP contribution < -0.4 is 10.5 Å². The summed E-state index contributed by atoms with van der Waals surface area (Å²) in [6.45, 7) is 7.62. The Morgan fingerprint density at radius 1 is 1.47 bits per heavy atom. The third-order valence-corrected chi connectivity index (χ3v) is 3.24. The maximum absolute atomic E-state index is 5.66. The zero-order valence-electron chi connectivity index (χ0n) is 11.4. The maximum Gasteiger partial charge on any atom is 0.128 e. The van der Waals surface area contributed by atoms with Gasteiger partial charge in [0.1, 0.15) is 5.75 Å². The Morgan fingerprint density at radius 2 is 2.12 bits per heavy atom. The first-order valence-electron chi connectivity index (χ1n) is 5.90. The first-order valence-corrected chi connectivity index (χ1v) is 5.90. The van der Waals surface area contributed by atoms with Crippen molar-refractivity contribution in [2.24, 2.45) is 5.73 Å². The monoisotopic (exact) mass is 237 g/mol. The Kier molecular flexibility index (Phi) is 4.90. The molecule has 1 atom stereocenters.